The molecule has 4 aromatic rings. The zero-order valence-corrected chi connectivity index (χ0v) is 11.4. The lowest BCUT2D eigenvalue weighted by Crippen LogP contribution is -2.06. The minimum absolute atomic E-state index is 0.892. The SMILES string of the molecule is c1ccc(N=c2snc3ccc4ccccc4n23)cc1. The predicted molar refractivity (Wildman–Crippen MR) is 82.2 cm³/mol. The van der Waals surface area contributed by atoms with Gasteiger partial charge in [-0.2, -0.15) is 4.37 Å². The van der Waals surface area contributed by atoms with Crippen LogP contribution in [0.1, 0.15) is 0 Å². The molecule has 0 radical (unpaired) electrons. The van der Waals surface area contributed by atoms with Crippen LogP contribution in [0.3, 0.4) is 0 Å². The fraction of sp³-hybridized carbons (Fsp3) is 0. The molecule has 20 heavy (non-hydrogen) atoms. The first-order valence-electron chi connectivity index (χ1n) is 6.38. The van der Waals surface area contributed by atoms with Crippen LogP contribution < -0.4 is 4.80 Å². The van der Waals surface area contributed by atoms with E-state index < -0.39 is 0 Å². The second-order valence-electron chi connectivity index (χ2n) is 4.50. The average Bonchev–Trinajstić information content (AvgIpc) is 2.92. The van der Waals surface area contributed by atoms with Crippen molar-refractivity contribution in [2.75, 3.05) is 0 Å². The van der Waals surface area contributed by atoms with E-state index >= 15 is 0 Å². The van der Waals surface area contributed by atoms with Gasteiger partial charge in [-0.05, 0) is 35.7 Å². The molecule has 2 aromatic heterocycles. The average molecular weight is 277 g/mol. The lowest BCUT2D eigenvalue weighted by molar-refractivity contribution is 1.14. The Balaban J connectivity index is 2.11. The molecule has 0 unspecified atom stereocenters. The molecule has 0 spiro atoms. The molecule has 4 rings (SSSR count). The van der Waals surface area contributed by atoms with Gasteiger partial charge in [0, 0.05) is 11.5 Å². The maximum absolute atomic E-state index is 4.70. The molecule has 0 saturated heterocycles. The number of fused-ring (bicyclic) bond motifs is 3. The van der Waals surface area contributed by atoms with Gasteiger partial charge >= 0.3 is 0 Å². The molecule has 96 valence electrons. The Morgan fingerprint density at radius 1 is 0.850 bits per heavy atom. The molecule has 0 saturated carbocycles. The number of para-hydroxylation sites is 2. The van der Waals surface area contributed by atoms with E-state index in [-0.39, 0.29) is 0 Å². The van der Waals surface area contributed by atoms with Crippen LogP contribution in [0.15, 0.2) is 71.7 Å². The summed E-state index contributed by atoms with van der Waals surface area (Å²) in [5.41, 5.74) is 3.01. The molecule has 0 fully saturated rings. The van der Waals surface area contributed by atoms with Crippen molar-refractivity contribution in [2.45, 2.75) is 0 Å². The molecule has 0 aliphatic rings. The lowest BCUT2D eigenvalue weighted by Gasteiger charge is -2.00. The zero-order valence-electron chi connectivity index (χ0n) is 10.6. The number of hydrogen-bond donors (Lipinski definition) is 0. The number of rotatable bonds is 1. The van der Waals surface area contributed by atoms with Crippen LogP contribution in [-0.2, 0) is 0 Å². The molecule has 0 aliphatic carbocycles. The van der Waals surface area contributed by atoms with Gasteiger partial charge in [0.25, 0.3) is 0 Å². The van der Waals surface area contributed by atoms with Gasteiger partial charge in [-0.3, -0.25) is 4.40 Å². The number of hydrogen-bond acceptors (Lipinski definition) is 3. The van der Waals surface area contributed by atoms with E-state index in [0.717, 1.165) is 21.7 Å². The molecule has 0 bridgehead atoms. The molecule has 0 N–H and O–H groups in total. The second-order valence-corrected chi connectivity index (χ2v) is 5.23. The second kappa shape index (κ2) is 4.58. The van der Waals surface area contributed by atoms with Gasteiger partial charge in [0.1, 0.15) is 0 Å². The van der Waals surface area contributed by atoms with E-state index in [1.54, 1.807) is 0 Å². The van der Waals surface area contributed by atoms with Gasteiger partial charge in [-0.1, -0.05) is 36.4 Å². The zero-order chi connectivity index (χ0) is 13.4. The highest BCUT2D eigenvalue weighted by atomic mass is 32.1. The minimum Gasteiger partial charge on any atom is -0.268 e. The van der Waals surface area contributed by atoms with E-state index in [9.17, 15) is 0 Å². The maximum atomic E-state index is 4.70. The van der Waals surface area contributed by atoms with Crippen LogP contribution in [0.5, 0.6) is 0 Å². The Morgan fingerprint density at radius 3 is 2.55 bits per heavy atom. The number of pyridine rings is 1. The summed E-state index contributed by atoms with van der Waals surface area (Å²) in [4.78, 5) is 5.59. The lowest BCUT2D eigenvalue weighted by atomic mass is 10.2. The largest absolute Gasteiger partial charge is 0.268 e. The minimum atomic E-state index is 0.892. The molecule has 0 aliphatic heterocycles. The van der Waals surface area contributed by atoms with Crippen LogP contribution in [0.2, 0.25) is 0 Å². The molecule has 0 amide bonds. The van der Waals surface area contributed by atoms with Crippen molar-refractivity contribution in [1.82, 2.24) is 8.77 Å². The Morgan fingerprint density at radius 2 is 1.65 bits per heavy atom. The molecule has 2 aromatic carbocycles. The van der Waals surface area contributed by atoms with Crippen molar-refractivity contribution in [3.63, 3.8) is 0 Å². The van der Waals surface area contributed by atoms with Gasteiger partial charge in [0.15, 0.2) is 5.65 Å². The van der Waals surface area contributed by atoms with E-state index in [1.807, 2.05) is 48.5 Å². The van der Waals surface area contributed by atoms with Crippen molar-refractivity contribution >= 4 is 33.8 Å². The topological polar surface area (TPSA) is 29.7 Å². The normalized spacial score (nSPS) is 12.3. The summed E-state index contributed by atoms with van der Waals surface area (Å²) in [6.45, 7) is 0. The Hall–Kier alpha value is -2.46. The Bertz CT molecular complexity index is 951. The summed E-state index contributed by atoms with van der Waals surface area (Å²) in [6.07, 6.45) is 0. The van der Waals surface area contributed by atoms with Crippen LogP contribution >= 0.6 is 11.5 Å². The standard InChI is InChI=1S/C16H11N3S/c1-2-7-13(8-3-1)17-16-19-14-9-5-4-6-12(14)10-11-15(19)18-20-16/h1-11H. The predicted octanol–water partition coefficient (Wildman–Crippen LogP) is 3.78. The van der Waals surface area contributed by atoms with E-state index in [2.05, 4.69) is 27.0 Å². The van der Waals surface area contributed by atoms with Crippen LogP contribution in [0, 0.1) is 0 Å². The first-order valence-corrected chi connectivity index (χ1v) is 7.15. The van der Waals surface area contributed by atoms with Gasteiger partial charge in [0.05, 0.1) is 11.2 Å². The molecule has 3 nitrogen and oxygen atoms in total. The summed E-state index contributed by atoms with van der Waals surface area (Å²) in [7, 11) is 0. The monoisotopic (exact) mass is 277 g/mol. The highest BCUT2D eigenvalue weighted by molar-refractivity contribution is 7.03. The summed E-state index contributed by atoms with van der Waals surface area (Å²) in [6, 6.07) is 22.4. The smallest absolute Gasteiger partial charge is 0.214 e. The third-order valence-electron chi connectivity index (χ3n) is 3.21. The molecule has 4 heteroatoms. The van der Waals surface area contributed by atoms with Crippen molar-refractivity contribution in [1.29, 1.82) is 0 Å². The van der Waals surface area contributed by atoms with E-state index in [0.29, 0.717) is 0 Å². The molecule has 0 atom stereocenters. The van der Waals surface area contributed by atoms with Crippen molar-refractivity contribution < 1.29 is 0 Å². The summed E-state index contributed by atoms with van der Waals surface area (Å²) in [5.74, 6) is 0. The number of aromatic nitrogens is 2. The highest BCUT2D eigenvalue weighted by Crippen LogP contribution is 2.16. The Kier molecular flexibility index (Phi) is 2.60. The first-order chi connectivity index (χ1) is 9.92. The van der Waals surface area contributed by atoms with E-state index in [4.69, 9.17) is 4.99 Å². The fourth-order valence-electron chi connectivity index (χ4n) is 2.28. The van der Waals surface area contributed by atoms with Crippen LogP contribution in [0.25, 0.3) is 16.6 Å². The van der Waals surface area contributed by atoms with Gasteiger partial charge in [-0.25, -0.2) is 4.99 Å². The van der Waals surface area contributed by atoms with Crippen molar-refractivity contribution in [2.24, 2.45) is 4.99 Å². The Labute approximate surface area is 119 Å². The molecular weight excluding hydrogens is 266 g/mol. The van der Waals surface area contributed by atoms with Gasteiger partial charge in [-0.15, -0.1) is 0 Å². The van der Waals surface area contributed by atoms with Crippen LogP contribution in [-0.4, -0.2) is 8.77 Å². The highest BCUT2D eigenvalue weighted by Gasteiger charge is 2.03. The third-order valence-corrected chi connectivity index (χ3v) is 3.93. The number of nitrogens with zero attached hydrogens (tertiary/aromatic N) is 3. The number of benzene rings is 2. The summed E-state index contributed by atoms with van der Waals surface area (Å²) in [5, 5.41) is 1.19. The third kappa shape index (κ3) is 1.82. The fourth-order valence-corrected chi connectivity index (χ4v) is 3.02. The maximum Gasteiger partial charge on any atom is 0.214 e. The van der Waals surface area contributed by atoms with Crippen molar-refractivity contribution in [3.05, 3.63) is 71.5 Å². The van der Waals surface area contributed by atoms with Crippen molar-refractivity contribution in [3.8, 4) is 0 Å². The summed E-state index contributed by atoms with van der Waals surface area (Å²) < 4.78 is 6.58. The molecular formula is C16H11N3S. The van der Waals surface area contributed by atoms with E-state index in [1.165, 1.54) is 16.9 Å². The van der Waals surface area contributed by atoms with Crippen LogP contribution in [0.4, 0.5) is 5.69 Å². The molecule has 2 heterocycles. The van der Waals surface area contributed by atoms with Gasteiger partial charge < -0.3 is 0 Å². The quantitative estimate of drug-likeness (QED) is 0.520. The first kappa shape index (κ1) is 11.4. The summed E-state index contributed by atoms with van der Waals surface area (Å²) >= 11 is 1.42. The van der Waals surface area contributed by atoms with Gasteiger partial charge in [0.2, 0.25) is 4.80 Å².